The van der Waals surface area contributed by atoms with E-state index in [0.717, 1.165) is 10.8 Å². The number of carbonyl (C=O) groups is 1. The van der Waals surface area contributed by atoms with Crippen LogP contribution in [0, 0.1) is 5.82 Å². The van der Waals surface area contributed by atoms with Crippen molar-refractivity contribution in [3.63, 3.8) is 0 Å². The SMILES string of the molecule is CC(=O)OCCCCn1cc(F)c(=O)[nH]c1=O. The molecule has 0 saturated carbocycles. The largest absolute Gasteiger partial charge is 0.466 e. The highest BCUT2D eigenvalue weighted by Gasteiger charge is 2.03. The van der Waals surface area contributed by atoms with E-state index in [9.17, 15) is 18.8 Å². The van der Waals surface area contributed by atoms with Crippen LogP contribution < -0.4 is 11.2 Å². The van der Waals surface area contributed by atoms with Crippen LogP contribution in [0.25, 0.3) is 0 Å². The molecule has 0 amide bonds. The highest BCUT2D eigenvalue weighted by atomic mass is 19.1. The van der Waals surface area contributed by atoms with Gasteiger partial charge in [-0.1, -0.05) is 0 Å². The molecule has 1 heterocycles. The van der Waals surface area contributed by atoms with E-state index in [1.807, 2.05) is 4.98 Å². The van der Waals surface area contributed by atoms with E-state index >= 15 is 0 Å². The van der Waals surface area contributed by atoms with Crippen molar-refractivity contribution in [1.82, 2.24) is 9.55 Å². The Morgan fingerprint density at radius 2 is 2.18 bits per heavy atom. The lowest BCUT2D eigenvalue weighted by Gasteiger charge is -2.05. The van der Waals surface area contributed by atoms with E-state index in [2.05, 4.69) is 0 Å². The van der Waals surface area contributed by atoms with Crippen LogP contribution in [0.4, 0.5) is 4.39 Å². The summed E-state index contributed by atoms with van der Waals surface area (Å²) in [6, 6.07) is 0. The summed E-state index contributed by atoms with van der Waals surface area (Å²) in [6.07, 6.45) is 1.97. The second-order valence-corrected chi connectivity index (χ2v) is 3.48. The van der Waals surface area contributed by atoms with E-state index in [4.69, 9.17) is 4.74 Å². The first-order chi connectivity index (χ1) is 8.00. The molecule has 0 aliphatic carbocycles. The molecule has 0 aliphatic heterocycles. The van der Waals surface area contributed by atoms with Crippen molar-refractivity contribution >= 4 is 5.97 Å². The van der Waals surface area contributed by atoms with Crippen LogP contribution in [0.3, 0.4) is 0 Å². The van der Waals surface area contributed by atoms with E-state index in [0.29, 0.717) is 12.8 Å². The summed E-state index contributed by atoms with van der Waals surface area (Å²) in [5.74, 6) is -1.36. The Bertz CT molecular complexity index is 506. The number of esters is 1. The first-order valence-electron chi connectivity index (χ1n) is 5.13. The molecule has 0 bridgehead atoms. The smallest absolute Gasteiger partial charge is 0.328 e. The molecule has 94 valence electrons. The monoisotopic (exact) mass is 244 g/mol. The van der Waals surface area contributed by atoms with Crippen molar-refractivity contribution in [2.45, 2.75) is 26.3 Å². The second-order valence-electron chi connectivity index (χ2n) is 3.48. The molecule has 0 radical (unpaired) electrons. The van der Waals surface area contributed by atoms with Crippen LogP contribution in [0.5, 0.6) is 0 Å². The van der Waals surface area contributed by atoms with Crippen LogP contribution in [0.2, 0.25) is 0 Å². The third-order valence-corrected chi connectivity index (χ3v) is 2.07. The van der Waals surface area contributed by atoms with E-state index in [1.165, 1.54) is 6.92 Å². The standard InChI is InChI=1S/C10H13FN2O4/c1-7(14)17-5-3-2-4-13-6-8(11)9(15)12-10(13)16/h6H,2-5H2,1H3,(H,12,15,16). The van der Waals surface area contributed by atoms with Crippen molar-refractivity contribution in [3.8, 4) is 0 Å². The van der Waals surface area contributed by atoms with Gasteiger partial charge < -0.3 is 4.74 Å². The van der Waals surface area contributed by atoms with Crippen molar-refractivity contribution in [1.29, 1.82) is 0 Å². The Hall–Kier alpha value is -1.92. The summed E-state index contributed by atoms with van der Waals surface area (Å²) in [5.41, 5.74) is -1.67. The number of H-pyrrole nitrogens is 1. The Morgan fingerprint density at radius 1 is 1.47 bits per heavy atom. The zero-order chi connectivity index (χ0) is 12.8. The van der Waals surface area contributed by atoms with Gasteiger partial charge in [0.05, 0.1) is 12.8 Å². The topological polar surface area (TPSA) is 81.2 Å². The Morgan fingerprint density at radius 3 is 2.82 bits per heavy atom. The molecule has 0 atom stereocenters. The molecule has 1 aromatic rings. The van der Waals surface area contributed by atoms with Gasteiger partial charge in [0.1, 0.15) is 0 Å². The van der Waals surface area contributed by atoms with Gasteiger partial charge >= 0.3 is 11.7 Å². The zero-order valence-electron chi connectivity index (χ0n) is 9.36. The Labute approximate surface area is 96.0 Å². The van der Waals surface area contributed by atoms with E-state index < -0.39 is 17.1 Å². The van der Waals surface area contributed by atoms with Gasteiger partial charge in [0.2, 0.25) is 5.82 Å². The average Bonchev–Trinajstić information content (AvgIpc) is 2.24. The van der Waals surface area contributed by atoms with Gasteiger partial charge in [0.15, 0.2) is 0 Å². The minimum absolute atomic E-state index is 0.258. The van der Waals surface area contributed by atoms with Crippen molar-refractivity contribution < 1.29 is 13.9 Å². The van der Waals surface area contributed by atoms with E-state index in [1.54, 1.807) is 0 Å². The van der Waals surface area contributed by atoms with Crippen LogP contribution >= 0.6 is 0 Å². The van der Waals surface area contributed by atoms with Crippen LogP contribution in [-0.2, 0) is 16.1 Å². The molecule has 0 unspecified atom stereocenters. The summed E-state index contributed by atoms with van der Waals surface area (Å²) < 4.78 is 18.6. The molecule has 17 heavy (non-hydrogen) atoms. The number of unbranched alkanes of at least 4 members (excludes halogenated alkanes) is 1. The van der Waals surface area contributed by atoms with E-state index in [-0.39, 0.29) is 19.1 Å². The van der Waals surface area contributed by atoms with Gasteiger partial charge in [-0.3, -0.25) is 19.1 Å². The lowest BCUT2D eigenvalue weighted by molar-refractivity contribution is -0.141. The van der Waals surface area contributed by atoms with Gasteiger partial charge in [-0.15, -0.1) is 0 Å². The molecule has 0 aromatic carbocycles. The van der Waals surface area contributed by atoms with Gasteiger partial charge in [-0.2, -0.15) is 4.39 Å². The predicted molar refractivity (Wildman–Crippen MR) is 57.1 cm³/mol. The highest BCUT2D eigenvalue weighted by molar-refractivity contribution is 5.65. The molecule has 0 saturated heterocycles. The Kier molecular flexibility index (Phi) is 4.62. The van der Waals surface area contributed by atoms with Crippen LogP contribution in [0.15, 0.2) is 15.8 Å². The zero-order valence-corrected chi connectivity index (χ0v) is 9.36. The van der Waals surface area contributed by atoms with Crippen molar-refractivity contribution in [2.24, 2.45) is 0 Å². The maximum absolute atomic E-state index is 12.9. The third kappa shape index (κ3) is 4.21. The van der Waals surface area contributed by atoms with Gasteiger partial charge in [0.25, 0.3) is 5.56 Å². The number of hydrogen-bond acceptors (Lipinski definition) is 4. The first-order valence-corrected chi connectivity index (χ1v) is 5.13. The number of aryl methyl sites for hydroxylation is 1. The number of ether oxygens (including phenoxy) is 1. The van der Waals surface area contributed by atoms with Gasteiger partial charge in [-0.25, -0.2) is 4.79 Å². The fraction of sp³-hybridized carbons (Fsp3) is 0.500. The number of rotatable bonds is 5. The number of nitrogens with zero attached hydrogens (tertiary/aromatic N) is 1. The maximum Gasteiger partial charge on any atom is 0.328 e. The number of halogens is 1. The second kappa shape index (κ2) is 5.97. The van der Waals surface area contributed by atoms with Crippen molar-refractivity contribution in [3.05, 3.63) is 32.9 Å². The summed E-state index contributed by atoms with van der Waals surface area (Å²) in [6.45, 7) is 1.82. The molecule has 0 aliphatic rings. The number of hydrogen-bond donors (Lipinski definition) is 1. The lowest BCUT2D eigenvalue weighted by Crippen LogP contribution is -2.31. The van der Waals surface area contributed by atoms with Crippen LogP contribution in [0.1, 0.15) is 19.8 Å². The lowest BCUT2D eigenvalue weighted by atomic mass is 10.3. The quantitative estimate of drug-likeness (QED) is 0.584. The molecule has 1 N–H and O–H groups in total. The molecule has 1 rings (SSSR count). The Balaban J connectivity index is 2.47. The summed E-state index contributed by atoms with van der Waals surface area (Å²) in [4.78, 5) is 34.3. The number of aromatic nitrogens is 2. The molecule has 7 heteroatoms. The fourth-order valence-electron chi connectivity index (χ4n) is 1.25. The first kappa shape index (κ1) is 13.1. The molecular formula is C10H13FN2O4. The highest BCUT2D eigenvalue weighted by Crippen LogP contribution is 1.94. The van der Waals surface area contributed by atoms with Gasteiger partial charge in [0, 0.05) is 13.5 Å². The number of nitrogens with one attached hydrogen (secondary N) is 1. The molecular weight excluding hydrogens is 231 g/mol. The summed E-state index contributed by atoms with van der Waals surface area (Å²) in [7, 11) is 0. The summed E-state index contributed by atoms with van der Waals surface area (Å²) >= 11 is 0. The predicted octanol–water partition coefficient (Wildman–Crippen LogP) is 0.0190. The maximum atomic E-state index is 12.9. The average molecular weight is 244 g/mol. The minimum atomic E-state index is -1.02. The number of aromatic amines is 1. The normalized spacial score (nSPS) is 10.2. The minimum Gasteiger partial charge on any atom is -0.466 e. The summed E-state index contributed by atoms with van der Waals surface area (Å²) in [5, 5.41) is 0. The van der Waals surface area contributed by atoms with Crippen LogP contribution in [-0.4, -0.2) is 22.1 Å². The molecule has 0 spiro atoms. The van der Waals surface area contributed by atoms with Gasteiger partial charge in [-0.05, 0) is 12.8 Å². The number of carbonyl (C=O) groups excluding carboxylic acids is 1. The molecule has 1 aromatic heterocycles. The molecule has 6 nitrogen and oxygen atoms in total. The fourth-order valence-corrected chi connectivity index (χ4v) is 1.25. The van der Waals surface area contributed by atoms with Crippen molar-refractivity contribution in [2.75, 3.05) is 6.61 Å². The molecule has 0 fully saturated rings. The third-order valence-electron chi connectivity index (χ3n) is 2.07.